The summed E-state index contributed by atoms with van der Waals surface area (Å²) in [5, 5.41) is 10.0. The molecule has 94 valence electrons. The lowest BCUT2D eigenvalue weighted by Gasteiger charge is -2.15. The molecule has 1 rings (SSSR count). The van der Waals surface area contributed by atoms with Crippen molar-refractivity contribution in [3.8, 4) is 5.75 Å². The smallest absolute Gasteiger partial charge is 0.419 e. The summed E-state index contributed by atoms with van der Waals surface area (Å²) < 4.78 is 37.0. The van der Waals surface area contributed by atoms with Crippen LogP contribution < -0.4 is 0 Å². The molecular formula is C10H10F3NO3. The van der Waals surface area contributed by atoms with Gasteiger partial charge in [0, 0.05) is 12.6 Å². The highest BCUT2D eigenvalue weighted by Crippen LogP contribution is 2.35. The quantitative estimate of drug-likeness (QED) is 0.816. The predicted molar refractivity (Wildman–Crippen MR) is 52.2 cm³/mol. The third kappa shape index (κ3) is 2.88. The van der Waals surface area contributed by atoms with Crippen molar-refractivity contribution in [3.63, 3.8) is 0 Å². The van der Waals surface area contributed by atoms with Gasteiger partial charge in [-0.1, -0.05) is 0 Å². The zero-order chi connectivity index (χ0) is 13.2. The predicted octanol–water partition coefficient (Wildman–Crippen LogP) is 2.04. The molecule has 0 fully saturated rings. The number of alkyl halides is 3. The molecule has 0 unspecified atom stereocenters. The van der Waals surface area contributed by atoms with E-state index in [2.05, 4.69) is 4.84 Å². The van der Waals surface area contributed by atoms with Gasteiger partial charge in [0.2, 0.25) is 0 Å². The van der Waals surface area contributed by atoms with Gasteiger partial charge in [0.05, 0.1) is 12.7 Å². The second-order valence-corrected chi connectivity index (χ2v) is 3.21. The van der Waals surface area contributed by atoms with Crippen molar-refractivity contribution in [2.24, 2.45) is 0 Å². The van der Waals surface area contributed by atoms with Crippen LogP contribution in [0.2, 0.25) is 0 Å². The van der Waals surface area contributed by atoms with E-state index in [9.17, 15) is 23.1 Å². The second kappa shape index (κ2) is 4.62. The molecular weight excluding hydrogens is 239 g/mol. The summed E-state index contributed by atoms with van der Waals surface area (Å²) >= 11 is 0. The molecule has 0 saturated carbocycles. The number of halogens is 3. The Bertz CT molecular complexity index is 431. The van der Waals surface area contributed by atoms with Crippen molar-refractivity contribution in [2.45, 2.75) is 6.18 Å². The summed E-state index contributed by atoms with van der Waals surface area (Å²) in [6, 6.07) is 2.37. The highest BCUT2D eigenvalue weighted by atomic mass is 19.4. The summed E-state index contributed by atoms with van der Waals surface area (Å²) in [5.74, 6) is -1.65. The number of aromatic hydroxyl groups is 1. The van der Waals surface area contributed by atoms with E-state index in [1.807, 2.05) is 0 Å². The molecule has 0 bridgehead atoms. The van der Waals surface area contributed by atoms with Crippen molar-refractivity contribution in [1.82, 2.24) is 5.06 Å². The molecule has 0 aliphatic rings. The largest absolute Gasteiger partial charge is 0.507 e. The van der Waals surface area contributed by atoms with Crippen LogP contribution in [0.3, 0.4) is 0 Å². The zero-order valence-electron chi connectivity index (χ0n) is 9.08. The molecule has 0 aliphatic carbocycles. The van der Waals surface area contributed by atoms with Crippen molar-refractivity contribution in [3.05, 3.63) is 29.3 Å². The molecule has 17 heavy (non-hydrogen) atoms. The van der Waals surface area contributed by atoms with E-state index < -0.39 is 23.4 Å². The number of rotatable bonds is 2. The van der Waals surface area contributed by atoms with E-state index in [0.717, 1.165) is 17.2 Å². The maximum Gasteiger partial charge on any atom is 0.419 e. The van der Waals surface area contributed by atoms with Gasteiger partial charge in [-0.05, 0) is 18.2 Å². The van der Waals surface area contributed by atoms with Crippen molar-refractivity contribution in [2.75, 3.05) is 14.2 Å². The summed E-state index contributed by atoms with van der Waals surface area (Å²) in [4.78, 5) is 16.1. The number of phenolic OH excluding ortho intramolecular Hbond substituents is 1. The van der Waals surface area contributed by atoms with Crippen LogP contribution in [0, 0.1) is 0 Å². The van der Waals surface area contributed by atoms with Gasteiger partial charge in [0.1, 0.15) is 5.75 Å². The highest BCUT2D eigenvalue weighted by molar-refractivity contribution is 5.93. The van der Waals surface area contributed by atoms with E-state index in [-0.39, 0.29) is 5.56 Å². The Hall–Kier alpha value is -1.76. The number of hydrogen-bond acceptors (Lipinski definition) is 3. The average molecular weight is 249 g/mol. The molecule has 0 heterocycles. The summed E-state index contributed by atoms with van der Waals surface area (Å²) in [7, 11) is 2.54. The Kier molecular flexibility index (Phi) is 3.62. The molecule has 0 radical (unpaired) electrons. The standard InChI is InChI=1S/C10H10F3NO3/c1-14(17-2)9(16)6-3-4-7(8(15)5-6)10(11,12)13/h3-5,15H,1-2H3. The summed E-state index contributed by atoms with van der Waals surface area (Å²) in [6.07, 6.45) is -4.65. The van der Waals surface area contributed by atoms with Crippen molar-refractivity contribution in [1.29, 1.82) is 0 Å². The molecule has 7 heteroatoms. The van der Waals surface area contributed by atoms with E-state index in [0.29, 0.717) is 6.07 Å². The van der Waals surface area contributed by atoms with Crippen LogP contribution in [-0.4, -0.2) is 30.2 Å². The van der Waals surface area contributed by atoms with Crippen LogP contribution in [0.1, 0.15) is 15.9 Å². The van der Waals surface area contributed by atoms with Crippen LogP contribution in [0.4, 0.5) is 13.2 Å². The first kappa shape index (κ1) is 13.3. The zero-order valence-corrected chi connectivity index (χ0v) is 9.08. The average Bonchev–Trinajstić information content (AvgIpc) is 2.25. The fraction of sp³-hybridized carbons (Fsp3) is 0.300. The van der Waals surface area contributed by atoms with Gasteiger partial charge >= 0.3 is 6.18 Å². The number of phenols is 1. The van der Waals surface area contributed by atoms with E-state index in [4.69, 9.17) is 0 Å². The Morgan fingerprint density at radius 3 is 2.41 bits per heavy atom. The molecule has 0 saturated heterocycles. The topological polar surface area (TPSA) is 49.8 Å². The van der Waals surface area contributed by atoms with E-state index in [1.54, 1.807) is 0 Å². The van der Waals surface area contributed by atoms with Gasteiger partial charge in [0.15, 0.2) is 0 Å². The monoisotopic (exact) mass is 249 g/mol. The number of benzene rings is 1. The van der Waals surface area contributed by atoms with E-state index in [1.165, 1.54) is 14.2 Å². The molecule has 1 aromatic rings. The first-order valence-electron chi connectivity index (χ1n) is 4.49. The van der Waals surface area contributed by atoms with Crippen LogP contribution >= 0.6 is 0 Å². The molecule has 4 nitrogen and oxygen atoms in total. The minimum atomic E-state index is -4.65. The lowest BCUT2D eigenvalue weighted by atomic mass is 10.1. The van der Waals surface area contributed by atoms with Crippen molar-refractivity contribution < 1.29 is 27.9 Å². The number of carbonyl (C=O) groups is 1. The molecule has 0 aliphatic heterocycles. The minimum absolute atomic E-state index is 0.0974. The highest BCUT2D eigenvalue weighted by Gasteiger charge is 2.34. The molecule has 0 spiro atoms. The number of hydroxylamine groups is 2. The van der Waals surface area contributed by atoms with Gasteiger partial charge in [-0.3, -0.25) is 9.63 Å². The lowest BCUT2D eigenvalue weighted by molar-refractivity contribution is -0.138. The maximum atomic E-state index is 12.3. The summed E-state index contributed by atoms with van der Waals surface area (Å²) in [6.45, 7) is 0. The van der Waals surface area contributed by atoms with Crippen molar-refractivity contribution >= 4 is 5.91 Å². The Labute approximate surface area is 95.2 Å². The van der Waals surface area contributed by atoms with Crippen LogP contribution in [0.15, 0.2) is 18.2 Å². The molecule has 1 aromatic carbocycles. The van der Waals surface area contributed by atoms with Gasteiger partial charge in [0.25, 0.3) is 5.91 Å². The first-order valence-corrected chi connectivity index (χ1v) is 4.49. The van der Waals surface area contributed by atoms with Gasteiger partial charge in [-0.25, -0.2) is 5.06 Å². The fourth-order valence-corrected chi connectivity index (χ4v) is 1.17. The lowest BCUT2D eigenvalue weighted by Crippen LogP contribution is -2.25. The Morgan fingerprint density at radius 1 is 1.41 bits per heavy atom. The van der Waals surface area contributed by atoms with Crippen LogP contribution in [-0.2, 0) is 11.0 Å². The number of amides is 1. The van der Waals surface area contributed by atoms with Crippen LogP contribution in [0.25, 0.3) is 0 Å². The van der Waals surface area contributed by atoms with Gasteiger partial charge in [-0.15, -0.1) is 0 Å². The van der Waals surface area contributed by atoms with E-state index >= 15 is 0 Å². The van der Waals surface area contributed by atoms with Gasteiger partial charge < -0.3 is 5.11 Å². The number of hydrogen-bond donors (Lipinski definition) is 1. The molecule has 0 aromatic heterocycles. The number of carbonyl (C=O) groups excluding carboxylic acids is 1. The summed E-state index contributed by atoms with van der Waals surface area (Å²) in [5.41, 5.74) is -1.28. The fourth-order valence-electron chi connectivity index (χ4n) is 1.17. The first-order chi connectivity index (χ1) is 7.77. The third-order valence-corrected chi connectivity index (χ3v) is 2.11. The minimum Gasteiger partial charge on any atom is -0.507 e. The number of nitrogens with zero attached hydrogens (tertiary/aromatic N) is 1. The SMILES string of the molecule is CON(C)C(=O)c1ccc(C(F)(F)F)c(O)c1. The van der Waals surface area contributed by atoms with Gasteiger partial charge in [-0.2, -0.15) is 13.2 Å². The maximum absolute atomic E-state index is 12.3. The molecule has 0 atom stereocenters. The third-order valence-electron chi connectivity index (χ3n) is 2.11. The normalized spacial score (nSPS) is 11.4. The van der Waals surface area contributed by atoms with Crippen LogP contribution in [0.5, 0.6) is 5.75 Å². The Balaban J connectivity index is 3.09. The molecule has 1 amide bonds. The molecule has 1 N–H and O–H groups in total. The second-order valence-electron chi connectivity index (χ2n) is 3.21. The Morgan fingerprint density at radius 2 is 2.00 bits per heavy atom.